The fraction of sp³-hybridized carbons (Fsp3) is 0.385. The van der Waals surface area contributed by atoms with Crippen LogP contribution in [0.3, 0.4) is 0 Å². The molecule has 4 nitrogen and oxygen atoms in total. The lowest BCUT2D eigenvalue weighted by atomic mass is 10.2. The zero-order chi connectivity index (χ0) is 12.7. The Morgan fingerprint density at radius 1 is 1.59 bits per heavy atom. The van der Waals surface area contributed by atoms with Gasteiger partial charge in [-0.25, -0.2) is 4.79 Å². The molecule has 0 aliphatic rings. The average molecular weight is 234 g/mol. The zero-order valence-corrected chi connectivity index (χ0v) is 10.4. The number of nitrogens with zero attached hydrogens (tertiary/aromatic N) is 1. The second-order valence-electron chi connectivity index (χ2n) is 3.76. The van der Waals surface area contributed by atoms with E-state index in [1.807, 2.05) is 31.2 Å². The van der Waals surface area contributed by atoms with Gasteiger partial charge in [0.1, 0.15) is 0 Å². The van der Waals surface area contributed by atoms with Crippen LogP contribution < -0.4 is 5.32 Å². The molecule has 0 fully saturated rings. The number of esters is 1. The van der Waals surface area contributed by atoms with Crippen molar-refractivity contribution in [3.8, 4) is 0 Å². The fourth-order valence-electron chi connectivity index (χ4n) is 1.37. The Labute approximate surface area is 102 Å². The molecule has 0 radical (unpaired) electrons. The number of ether oxygens (including phenoxy) is 1. The van der Waals surface area contributed by atoms with E-state index in [2.05, 4.69) is 15.0 Å². The molecule has 0 saturated heterocycles. The summed E-state index contributed by atoms with van der Waals surface area (Å²) in [6, 6.07) is 5.96. The van der Waals surface area contributed by atoms with Crippen LogP contribution in [0.4, 0.5) is 0 Å². The molecule has 92 valence electrons. The molecule has 0 aromatic carbocycles. The molecule has 1 aromatic heterocycles. The van der Waals surface area contributed by atoms with Gasteiger partial charge in [-0.05, 0) is 26.0 Å². The summed E-state index contributed by atoms with van der Waals surface area (Å²) in [7, 11) is 1.38. The molecule has 0 bridgehead atoms. The molecule has 0 unspecified atom stereocenters. The molecule has 0 aliphatic carbocycles. The van der Waals surface area contributed by atoms with Crippen molar-refractivity contribution >= 4 is 5.97 Å². The van der Waals surface area contributed by atoms with Gasteiger partial charge in [-0.2, -0.15) is 0 Å². The summed E-state index contributed by atoms with van der Waals surface area (Å²) in [5.74, 6) is -0.294. The number of hydrogen-bond acceptors (Lipinski definition) is 4. The first-order valence-electron chi connectivity index (χ1n) is 5.54. The Kier molecular flexibility index (Phi) is 5.36. The maximum absolute atomic E-state index is 11.1. The predicted octanol–water partition coefficient (Wildman–Crippen LogP) is 1.85. The largest absolute Gasteiger partial charge is 0.466 e. The van der Waals surface area contributed by atoms with Gasteiger partial charge in [0, 0.05) is 24.4 Å². The van der Waals surface area contributed by atoms with E-state index in [-0.39, 0.29) is 12.0 Å². The Hall–Kier alpha value is -1.68. The molecule has 0 spiro atoms. The van der Waals surface area contributed by atoms with E-state index in [1.165, 1.54) is 7.11 Å². The molecule has 4 heteroatoms. The van der Waals surface area contributed by atoms with E-state index in [0.717, 1.165) is 5.69 Å². The topological polar surface area (TPSA) is 51.2 Å². The van der Waals surface area contributed by atoms with Gasteiger partial charge in [0.25, 0.3) is 0 Å². The van der Waals surface area contributed by atoms with Crippen molar-refractivity contribution in [3.63, 3.8) is 0 Å². The average Bonchev–Trinajstić information content (AvgIpc) is 2.38. The van der Waals surface area contributed by atoms with E-state index in [4.69, 9.17) is 0 Å². The highest BCUT2D eigenvalue weighted by Crippen LogP contribution is 2.07. The summed E-state index contributed by atoms with van der Waals surface area (Å²) in [5.41, 5.74) is 1.59. The van der Waals surface area contributed by atoms with E-state index in [9.17, 15) is 4.79 Å². The van der Waals surface area contributed by atoms with Crippen LogP contribution in [0.15, 0.2) is 36.0 Å². The molecule has 1 N–H and O–H groups in total. The number of carbonyl (C=O) groups is 1. The second-order valence-corrected chi connectivity index (χ2v) is 3.76. The Morgan fingerprint density at radius 2 is 2.35 bits per heavy atom. The lowest BCUT2D eigenvalue weighted by molar-refractivity contribution is -0.136. The van der Waals surface area contributed by atoms with Crippen molar-refractivity contribution in [2.75, 3.05) is 13.7 Å². The second kappa shape index (κ2) is 6.81. The number of pyridine rings is 1. The fourth-order valence-corrected chi connectivity index (χ4v) is 1.37. The third-order valence-electron chi connectivity index (χ3n) is 2.47. The third-order valence-corrected chi connectivity index (χ3v) is 2.47. The summed E-state index contributed by atoms with van der Waals surface area (Å²) < 4.78 is 4.61. The van der Waals surface area contributed by atoms with Gasteiger partial charge in [0.15, 0.2) is 0 Å². The Morgan fingerprint density at radius 3 is 2.94 bits per heavy atom. The zero-order valence-electron chi connectivity index (χ0n) is 10.4. The highest BCUT2D eigenvalue weighted by Gasteiger charge is 2.05. The first-order chi connectivity index (χ1) is 8.15. The van der Waals surface area contributed by atoms with Crippen LogP contribution in [0.25, 0.3) is 0 Å². The van der Waals surface area contributed by atoms with Crippen LogP contribution in [-0.4, -0.2) is 24.6 Å². The summed E-state index contributed by atoms with van der Waals surface area (Å²) in [6.07, 6.45) is 3.58. The number of rotatable bonds is 5. The molecule has 17 heavy (non-hydrogen) atoms. The number of hydrogen-bond donors (Lipinski definition) is 1. The maximum Gasteiger partial charge on any atom is 0.333 e. The van der Waals surface area contributed by atoms with Crippen molar-refractivity contribution in [1.82, 2.24) is 10.3 Å². The summed E-state index contributed by atoms with van der Waals surface area (Å²) in [5, 5.41) is 3.26. The minimum Gasteiger partial charge on any atom is -0.466 e. The number of aromatic nitrogens is 1. The van der Waals surface area contributed by atoms with Crippen LogP contribution >= 0.6 is 0 Å². The van der Waals surface area contributed by atoms with Crippen LogP contribution in [0.5, 0.6) is 0 Å². The maximum atomic E-state index is 11.1. The molecule has 1 rings (SSSR count). The third kappa shape index (κ3) is 4.36. The molecule has 0 aliphatic heterocycles. The van der Waals surface area contributed by atoms with Gasteiger partial charge in [0.2, 0.25) is 0 Å². The van der Waals surface area contributed by atoms with Gasteiger partial charge < -0.3 is 10.1 Å². The van der Waals surface area contributed by atoms with E-state index in [0.29, 0.717) is 12.1 Å². The van der Waals surface area contributed by atoms with Crippen molar-refractivity contribution in [3.05, 3.63) is 41.7 Å². The molecule has 1 atom stereocenters. The van der Waals surface area contributed by atoms with E-state index in [1.54, 1.807) is 13.1 Å². The lowest BCUT2D eigenvalue weighted by Crippen LogP contribution is -2.20. The quantitative estimate of drug-likeness (QED) is 0.624. The Balaban J connectivity index is 2.44. The first kappa shape index (κ1) is 13.4. The van der Waals surface area contributed by atoms with Gasteiger partial charge in [0.05, 0.1) is 12.8 Å². The Bertz CT molecular complexity index is 388. The smallest absolute Gasteiger partial charge is 0.333 e. The van der Waals surface area contributed by atoms with Crippen molar-refractivity contribution in [2.24, 2.45) is 0 Å². The SMILES string of the molecule is COC(=O)/C(C)=C/CN[C@H](C)c1ccccn1. The van der Waals surface area contributed by atoms with Gasteiger partial charge in [-0.15, -0.1) is 0 Å². The van der Waals surface area contributed by atoms with Crippen LogP contribution in [-0.2, 0) is 9.53 Å². The van der Waals surface area contributed by atoms with Crippen molar-refractivity contribution in [1.29, 1.82) is 0 Å². The molecular formula is C13H18N2O2. The summed E-state index contributed by atoms with van der Waals surface area (Å²) in [6.45, 7) is 4.38. The number of methoxy groups -OCH3 is 1. The van der Waals surface area contributed by atoms with Gasteiger partial charge >= 0.3 is 5.97 Å². The molecule has 1 aromatic rings. The van der Waals surface area contributed by atoms with Crippen LogP contribution in [0, 0.1) is 0 Å². The van der Waals surface area contributed by atoms with Crippen LogP contribution in [0.1, 0.15) is 25.6 Å². The number of nitrogens with one attached hydrogen (secondary N) is 1. The monoisotopic (exact) mass is 234 g/mol. The normalized spacial score (nSPS) is 13.2. The van der Waals surface area contributed by atoms with Crippen molar-refractivity contribution in [2.45, 2.75) is 19.9 Å². The molecule has 0 amide bonds. The predicted molar refractivity (Wildman–Crippen MR) is 66.4 cm³/mol. The number of carbonyl (C=O) groups excluding carboxylic acids is 1. The highest BCUT2D eigenvalue weighted by atomic mass is 16.5. The molecule has 1 heterocycles. The molecule has 0 saturated carbocycles. The minimum absolute atomic E-state index is 0.151. The standard InChI is InChI=1S/C13H18N2O2/c1-10(13(16)17-3)7-9-14-11(2)12-6-4-5-8-15-12/h4-8,11,14H,9H2,1-3H3/b10-7+/t11-/m1/s1. The summed E-state index contributed by atoms with van der Waals surface area (Å²) >= 11 is 0. The molecular weight excluding hydrogens is 216 g/mol. The first-order valence-corrected chi connectivity index (χ1v) is 5.54. The van der Waals surface area contributed by atoms with E-state index >= 15 is 0 Å². The van der Waals surface area contributed by atoms with Crippen molar-refractivity contribution < 1.29 is 9.53 Å². The minimum atomic E-state index is -0.294. The van der Waals surface area contributed by atoms with Crippen LogP contribution in [0.2, 0.25) is 0 Å². The summed E-state index contributed by atoms with van der Waals surface area (Å²) in [4.78, 5) is 15.4. The van der Waals surface area contributed by atoms with E-state index < -0.39 is 0 Å². The van der Waals surface area contributed by atoms with Gasteiger partial charge in [-0.3, -0.25) is 4.98 Å². The lowest BCUT2D eigenvalue weighted by Gasteiger charge is -2.11. The van der Waals surface area contributed by atoms with Gasteiger partial charge in [-0.1, -0.05) is 12.1 Å². The highest BCUT2D eigenvalue weighted by molar-refractivity contribution is 5.87.